The third kappa shape index (κ3) is 5.12. The molecule has 6 heteroatoms. The van der Waals surface area contributed by atoms with Gasteiger partial charge in [-0.1, -0.05) is 24.3 Å². The molecule has 24 heavy (non-hydrogen) atoms. The smallest absolute Gasteiger partial charge is 0.241 e. The quantitative estimate of drug-likeness (QED) is 0.843. The molecule has 0 bridgehead atoms. The molecule has 2 aromatic rings. The summed E-state index contributed by atoms with van der Waals surface area (Å²) in [5, 5.41) is 3.36. The van der Waals surface area contributed by atoms with E-state index in [1.807, 2.05) is 58.2 Å². The molecule has 2 N–H and O–H groups in total. The summed E-state index contributed by atoms with van der Waals surface area (Å²) in [6.07, 6.45) is 3.54. The summed E-state index contributed by atoms with van der Waals surface area (Å²) in [6, 6.07) is 11.0. The van der Waals surface area contributed by atoms with Gasteiger partial charge in [0.15, 0.2) is 0 Å². The number of rotatable bonds is 6. The van der Waals surface area contributed by atoms with Crippen LogP contribution in [0.2, 0.25) is 0 Å². The van der Waals surface area contributed by atoms with Gasteiger partial charge >= 0.3 is 0 Å². The average molecular weight is 347 g/mol. The molecule has 0 fully saturated rings. The molecular formula is C18H25N3O2S. The van der Waals surface area contributed by atoms with E-state index in [1.165, 1.54) is 0 Å². The van der Waals surface area contributed by atoms with Crippen molar-refractivity contribution in [3.05, 3.63) is 59.9 Å². The van der Waals surface area contributed by atoms with Gasteiger partial charge in [0.05, 0.1) is 4.90 Å². The van der Waals surface area contributed by atoms with Gasteiger partial charge < -0.3 is 5.32 Å². The zero-order valence-corrected chi connectivity index (χ0v) is 15.4. The van der Waals surface area contributed by atoms with Crippen LogP contribution in [0.1, 0.15) is 44.9 Å². The second kappa shape index (κ2) is 7.42. The third-order valence-corrected chi connectivity index (χ3v) is 5.34. The van der Waals surface area contributed by atoms with Gasteiger partial charge in [0, 0.05) is 30.5 Å². The fourth-order valence-electron chi connectivity index (χ4n) is 2.38. The van der Waals surface area contributed by atoms with Gasteiger partial charge in [0.25, 0.3) is 0 Å². The molecule has 130 valence electrons. The Morgan fingerprint density at radius 3 is 2.46 bits per heavy atom. The van der Waals surface area contributed by atoms with Crippen LogP contribution in [-0.2, 0) is 16.6 Å². The summed E-state index contributed by atoms with van der Waals surface area (Å²) in [7, 11) is -3.56. The lowest BCUT2D eigenvalue weighted by molar-refractivity contribution is 0.490. The van der Waals surface area contributed by atoms with Crippen LogP contribution in [-0.4, -0.2) is 18.9 Å². The molecule has 5 nitrogen and oxygen atoms in total. The van der Waals surface area contributed by atoms with Crippen molar-refractivity contribution in [2.75, 3.05) is 0 Å². The zero-order chi connectivity index (χ0) is 17.8. The van der Waals surface area contributed by atoms with Crippen LogP contribution < -0.4 is 10.0 Å². The summed E-state index contributed by atoms with van der Waals surface area (Å²) < 4.78 is 28.0. The highest BCUT2D eigenvalue weighted by molar-refractivity contribution is 7.89. The Hall–Kier alpha value is -1.76. The lowest BCUT2D eigenvalue weighted by Gasteiger charge is -2.22. The summed E-state index contributed by atoms with van der Waals surface area (Å²) in [6.45, 7) is 7.97. The fraction of sp³-hybridized carbons (Fsp3) is 0.389. The Bertz CT molecular complexity index is 768. The molecule has 0 amide bonds. The highest BCUT2D eigenvalue weighted by Gasteiger charge is 2.24. The van der Waals surface area contributed by atoms with Crippen molar-refractivity contribution in [3.8, 4) is 0 Å². The van der Waals surface area contributed by atoms with Crippen LogP contribution in [0, 0.1) is 0 Å². The first-order valence-electron chi connectivity index (χ1n) is 7.94. The maximum absolute atomic E-state index is 12.6. The Labute approximate surface area is 144 Å². The minimum atomic E-state index is -3.56. The zero-order valence-electron chi connectivity index (χ0n) is 14.6. The molecule has 0 spiro atoms. The second-order valence-electron chi connectivity index (χ2n) is 6.85. The van der Waals surface area contributed by atoms with E-state index < -0.39 is 15.6 Å². The Kier molecular flexibility index (Phi) is 5.74. The van der Waals surface area contributed by atoms with Crippen LogP contribution in [0.15, 0.2) is 53.7 Å². The van der Waals surface area contributed by atoms with E-state index in [0.717, 1.165) is 11.1 Å². The number of hydrogen-bond donors (Lipinski definition) is 2. The van der Waals surface area contributed by atoms with E-state index in [1.54, 1.807) is 18.3 Å². The first-order chi connectivity index (χ1) is 11.2. The number of nitrogens with one attached hydrogen (secondary N) is 2. The fourth-order valence-corrected chi connectivity index (χ4v) is 4.04. The first-order valence-corrected chi connectivity index (χ1v) is 9.42. The third-order valence-electron chi connectivity index (χ3n) is 3.49. The van der Waals surface area contributed by atoms with Crippen LogP contribution >= 0.6 is 0 Å². The number of pyridine rings is 1. The van der Waals surface area contributed by atoms with E-state index in [2.05, 4.69) is 15.0 Å². The molecule has 0 saturated heterocycles. The predicted molar refractivity (Wildman–Crippen MR) is 96.0 cm³/mol. The summed E-state index contributed by atoms with van der Waals surface area (Å²) in [5.41, 5.74) is 1.28. The summed E-state index contributed by atoms with van der Waals surface area (Å²) >= 11 is 0. The molecule has 1 heterocycles. The molecule has 0 aliphatic rings. The number of aromatic nitrogens is 1. The molecule has 2 rings (SSSR count). The van der Waals surface area contributed by atoms with Crippen LogP contribution in [0.5, 0.6) is 0 Å². The average Bonchev–Trinajstić information content (AvgIpc) is 2.51. The molecule has 1 aromatic carbocycles. The molecule has 1 unspecified atom stereocenters. The van der Waals surface area contributed by atoms with Crippen molar-refractivity contribution in [1.82, 2.24) is 15.0 Å². The predicted octanol–water partition coefficient (Wildman–Crippen LogP) is 3.01. The topological polar surface area (TPSA) is 71.1 Å². The number of benzene rings is 1. The molecular weight excluding hydrogens is 322 g/mol. The monoisotopic (exact) mass is 347 g/mol. The van der Waals surface area contributed by atoms with E-state index >= 15 is 0 Å². The van der Waals surface area contributed by atoms with Crippen molar-refractivity contribution in [2.24, 2.45) is 0 Å². The molecule has 0 radical (unpaired) electrons. The Morgan fingerprint density at radius 1 is 1.12 bits per heavy atom. The van der Waals surface area contributed by atoms with Crippen molar-refractivity contribution >= 4 is 10.0 Å². The molecule has 0 aliphatic carbocycles. The lowest BCUT2D eigenvalue weighted by Crippen LogP contribution is -2.41. The number of sulfonamides is 1. The van der Waals surface area contributed by atoms with E-state index in [4.69, 9.17) is 0 Å². The van der Waals surface area contributed by atoms with Gasteiger partial charge in [-0.15, -0.1) is 0 Å². The standard InChI is InChI=1S/C18H25N3O2S/c1-14(15-9-7-11-19-12-15)20-13-16-8-5-6-10-17(16)24(22,23)21-18(2,3)4/h5-12,14,20-21H,13H2,1-4H3. The lowest BCUT2D eigenvalue weighted by atomic mass is 10.1. The van der Waals surface area contributed by atoms with Gasteiger partial charge in [-0.2, -0.15) is 0 Å². The largest absolute Gasteiger partial charge is 0.306 e. The molecule has 0 saturated carbocycles. The highest BCUT2D eigenvalue weighted by Crippen LogP contribution is 2.19. The number of nitrogens with zero attached hydrogens (tertiary/aromatic N) is 1. The minimum absolute atomic E-state index is 0.0741. The maximum atomic E-state index is 12.6. The Balaban J connectivity index is 2.18. The highest BCUT2D eigenvalue weighted by atomic mass is 32.2. The minimum Gasteiger partial charge on any atom is -0.306 e. The molecule has 1 atom stereocenters. The Morgan fingerprint density at radius 2 is 1.83 bits per heavy atom. The van der Waals surface area contributed by atoms with Crippen LogP contribution in [0.25, 0.3) is 0 Å². The van der Waals surface area contributed by atoms with E-state index in [9.17, 15) is 8.42 Å². The van der Waals surface area contributed by atoms with Crippen molar-refractivity contribution in [2.45, 2.75) is 50.7 Å². The van der Waals surface area contributed by atoms with Crippen LogP contribution in [0.4, 0.5) is 0 Å². The first kappa shape index (κ1) is 18.6. The van der Waals surface area contributed by atoms with Crippen molar-refractivity contribution < 1.29 is 8.42 Å². The van der Waals surface area contributed by atoms with Crippen molar-refractivity contribution in [3.63, 3.8) is 0 Å². The van der Waals surface area contributed by atoms with E-state index in [0.29, 0.717) is 11.4 Å². The molecule has 0 aliphatic heterocycles. The van der Waals surface area contributed by atoms with Gasteiger partial charge in [0.1, 0.15) is 0 Å². The van der Waals surface area contributed by atoms with Crippen LogP contribution in [0.3, 0.4) is 0 Å². The van der Waals surface area contributed by atoms with Gasteiger partial charge in [0.2, 0.25) is 10.0 Å². The summed E-state index contributed by atoms with van der Waals surface area (Å²) in [5.74, 6) is 0. The maximum Gasteiger partial charge on any atom is 0.241 e. The van der Waals surface area contributed by atoms with Gasteiger partial charge in [-0.3, -0.25) is 4.98 Å². The van der Waals surface area contributed by atoms with Gasteiger partial charge in [-0.25, -0.2) is 13.1 Å². The van der Waals surface area contributed by atoms with E-state index in [-0.39, 0.29) is 6.04 Å². The molecule has 1 aromatic heterocycles. The summed E-state index contributed by atoms with van der Waals surface area (Å²) in [4.78, 5) is 4.42. The number of hydrogen-bond acceptors (Lipinski definition) is 4. The SMILES string of the molecule is CC(NCc1ccccc1S(=O)(=O)NC(C)(C)C)c1cccnc1. The normalized spacial score (nSPS) is 13.7. The second-order valence-corrected chi connectivity index (χ2v) is 8.50. The van der Waals surface area contributed by atoms with Gasteiger partial charge in [-0.05, 0) is 51.0 Å². The van der Waals surface area contributed by atoms with Crippen molar-refractivity contribution in [1.29, 1.82) is 0 Å².